The molecule has 0 spiro atoms. The predicted molar refractivity (Wildman–Crippen MR) is 79.8 cm³/mol. The van der Waals surface area contributed by atoms with Crippen molar-refractivity contribution in [3.8, 4) is 0 Å². The van der Waals surface area contributed by atoms with Gasteiger partial charge >= 0.3 is 0 Å². The van der Waals surface area contributed by atoms with Crippen molar-refractivity contribution in [3.05, 3.63) is 23.8 Å². The molecule has 1 fully saturated rings. The Morgan fingerprint density at radius 2 is 2.05 bits per heavy atom. The van der Waals surface area contributed by atoms with Gasteiger partial charge in [0.25, 0.3) is 0 Å². The van der Waals surface area contributed by atoms with Gasteiger partial charge in [-0.3, -0.25) is 9.59 Å². The summed E-state index contributed by atoms with van der Waals surface area (Å²) < 4.78 is 0. The molecule has 1 aliphatic rings. The molecule has 0 aliphatic carbocycles. The molecule has 20 heavy (non-hydrogen) atoms. The Balaban J connectivity index is 2.07. The van der Waals surface area contributed by atoms with Gasteiger partial charge in [-0.15, -0.1) is 0 Å². The number of anilines is 2. The molecule has 1 aromatic carbocycles. The van der Waals surface area contributed by atoms with Crippen molar-refractivity contribution in [2.24, 2.45) is 0 Å². The third-order valence-corrected chi connectivity index (χ3v) is 3.44. The highest BCUT2D eigenvalue weighted by Gasteiger charge is 2.20. The van der Waals surface area contributed by atoms with Crippen LogP contribution in [0.2, 0.25) is 0 Å². The predicted octanol–water partition coefficient (Wildman–Crippen LogP) is 2.03. The fourth-order valence-electron chi connectivity index (χ4n) is 2.33. The number of carbonyl (C=O) groups is 2. The van der Waals surface area contributed by atoms with Crippen molar-refractivity contribution in [3.63, 3.8) is 0 Å². The fraction of sp³-hybridized carbons (Fsp3) is 0.467. The molecule has 5 heteroatoms. The van der Waals surface area contributed by atoms with Gasteiger partial charge in [0, 0.05) is 18.3 Å². The molecule has 0 aromatic heterocycles. The molecule has 0 bridgehead atoms. The van der Waals surface area contributed by atoms with Crippen LogP contribution in [0.3, 0.4) is 0 Å². The summed E-state index contributed by atoms with van der Waals surface area (Å²) >= 11 is 0. The van der Waals surface area contributed by atoms with Crippen LogP contribution >= 0.6 is 0 Å². The maximum absolute atomic E-state index is 12.2. The van der Waals surface area contributed by atoms with Crippen molar-refractivity contribution < 1.29 is 9.59 Å². The van der Waals surface area contributed by atoms with Crippen LogP contribution in [0.1, 0.15) is 31.7 Å². The molecule has 0 saturated carbocycles. The first-order valence-corrected chi connectivity index (χ1v) is 6.99. The standard InChI is InChI=1S/C15H21N3O2/c1-10-6-7-12(17-11(2)19)9-14(10)18-15(20)13-5-3-4-8-16-13/h6-7,9,13,16H,3-5,8H2,1-2H3,(H,17,19)(H,18,20)/t13-/m1/s1. The van der Waals surface area contributed by atoms with Gasteiger partial charge in [-0.1, -0.05) is 12.5 Å². The molecule has 3 N–H and O–H groups in total. The first kappa shape index (κ1) is 14.5. The van der Waals surface area contributed by atoms with Gasteiger partial charge in [0.1, 0.15) is 0 Å². The summed E-state index contributed by atoms with van der Waals surface area (Å²) in [4.78, 5) is 23.3. The number of aryl methyl sites for hydroxylation is 1. The van der Waals surface area contributed by atoms with Crippen LogP contribution < -0.4 is 16.0 Å². The highest BCUT2D eigenvalue weighted by Crippen LogP contribution is 2.21. The minimum Gasteiger partial charge on any atom is -0.326 e. The maximum Gasteiger partial charge on any atom is 0.241 e. The second kappa shape index (κ2) is 6.52. The van der Waals surface area contributed by atoms with E-state index < -0.39 is 0 Å². The molecule has 2 rings (SSSR count). The zero-order chi connectivity index (χ0) is 14.5. The average molecular weight is 275 g/mol. The molecule has 1 saturated heterocycles. The van der Waals surface area contributed by atoms with E-state index in [4.69, 9.17) is 0 Å². The Labute approximate surface area is 119 Å². The van der Waals surface area contributed by atoms with E-state index in [1.54, 1.807) is 6.07 Å². The third kappa shape index (κ3) is 3.81. The van der Waals surface area contributed by atoms with Crippen LogP contribution in [0.25, 0.3) is 0 Å². The Hall–Kier alpha value is -1.88. The molecule has 1 aliphatic heterocycles. The van der Waals surface area contributed by atoms with E-state index in [1.165, 1.54) is 6.92 Å². The fourth-order valence-corrected chi connectivity index (χ4v) is 2.33. The number of nitrogens with one attached hydrogen (secondary N) is 3. The van der Waals surface area contributed by atoms with Gasteiger partial charge in [0.05, 0.1) is 6.04 Å². The van der Waals surface area contributed by atoms with Crippen LogP contribution in [0.5, 0.6) is 0 Å². The lowest BCUT2D eigenvalue weighted by atomic mass is 10.0. The first-order chi connectivity index (χ1) is 9.56. The van der Waals surface area contributed by atoms with Gasteiger partial charge in [-0.25, -0.2) is 0 Å². The molecule has 2 amide bonds. The van der Waals surface area contributed by atoms with E-state index >= 15 is 0 Å². The molecule has 1 aromatic rings. The van der Waals surface area contributed by atoms with E-state index in [0.29, 0.717) is 5.69 Å². The molecule has 0 radical (unpaired) electrons. The van der Waals surface area contributed by atoms with Crippen molar-refractivity contribution >= 4 is 23.2 Å². The normalized spacial score (nSPS) is 18.4. The molecule has 5 nitrogen and oxygen atoms in total. The number of amides is 2. The molecule has 0 unspecified atom stereocenters. The number of rotatable bonds is 3. The number of hydrogen-bond donors (Lipinski definition) is 3. The summed E-state index contributed by atoms with van der Waals surface area (Å²) in [6.45, 7) is 4.29. The summed E-state index contributed by atoms with van der Waals surface area (Å²) in [5.41, 5.74) is 2.41. The summed E-state index contributed by atoms with van der Waals surface area (Å²) in [5.74, 6) is -0.132. The minimum absolute atomic E-state index is 0.00669. The highest BCUT2D eigenvalue weighted by molar-refractivity contribution is 5.97. The Morgan fingerprint density at radius 1 is 1.25 bits per heavy atom. The maximum atomic E-state index is 12.2. The number of piperidine rings is 1. The monoisotopic (exact) mass is 275 g/mol. The number of hydrogen-bond acceptors (Lipinski definition) is 3. The van der Waals surface area contributed by atoms with E-state index in [1.807, 2.05) is 19.1 Å². The highest BCUT2D eigenvalue weighted by atomic mass is 16.2. The van der Waals surface area contributed by atoms with Gasteiger partial charge < -0.3 is 16.0 Å². The van der Waals surface area contributed by atoms with Crippen LogP contribution in [-0.4, -0.2) is 24.4 Å². The van der Waals surface area contributed by atoms with Gasteiger partial charge in [-0.05, 0) is 44.0 Å². The zero-order valence-corrected chi connectivity index (χ0v) is 12.0. The largest absolute Gasteiger partial charge is 0.326 e. The van der Waals surface area contributed by atoms with Crippen LogP contribution in [0, 0.1) is 6.92 Å². The van der Waals surface area contributed by atoms with Crippen molar-refractivity contribution in [1.29, 1.82) is 0 Å². The summed E-state index contributed by atoms with van der Waals surface area (Å²) in [6.07, 6.45) is 3.08. The smallest absolute Gasteiger partial charge is 0.241 e. The van der Waals surface area contributed by atoms with Crippen molar-refractivity contribution in [2.45, 2.75) is 39.2 Å². The average Bonchev–Trinajstić information content (AvgIpc) is 2.43. The molecule has 108 valence electrons. The second-order valence-corrected chi connectivity index (χ2v) is 5.20. The second-order valence-electron chi connectivity index (χ2n) is 5.20. The summed E-state index contributed by atoms with van der Waals surface area (Å²) in [7, 11) is 0. The SMILES string of the molecule is CC(=O)Nc1ccc(C)c(NC(=O)[C@H]2CCCCN2)c1. The van der Waals surface area contributed by atoms with Gasteiger partial charge in [0.2, 0.25) is 11.8 Å². The lowest BCUT2D eigenvalue weighted by molar-refractivity contribution is -0.118. The number of carbonyl (C=O) groups excluding carboxylic acids is 2. The topological polar surface area (TPSA) is 70.2 Å². The molecular weight excluding hydrogens is 254 g/mol. The zero-order valence-electron chi connectivity index (χ0n) is 12.0. The van der Waals surface area contributed by atoms with Gasteiger partial charge in [-0.2, -0.15) is 0 Å². The molecule has 1 heterocycles. The lowest BCUT2D eigenvalue weighted by Gasteiger charge is -2.23. The van der Waals surface area contributed by atoms with Crippen LogP contribution in [0.4, 0.5) is 11.4 Å². The molecule has 1 atom stereocenters. The summed E-state index contributed by atoms with van der Waals surface area (Å²) in [6, 6.07) is 5.38. The Bertz CT molecular complexity index is 508. The van der Waals surface area contributed by atoms with E-state index in [2.05, 4.69) is 16.0 Å². The van der Waals surface area contributed by atoms with E-state index in [-0.39, 0.29) is 17.9 Å². The van der Waals surface area contributed by atoms with Crippen LogP contribution in [0.15, 0.2) is 18.2 Å². The third-order valence-electron chi connectivity index (χ3n) is 3.44. The quantitative estimate of drug-likeness (QED) is 0.790. The lowest BCUT2D eigenvalue weighted by Crippen LogP contribution is -2.43. The van der Waals surface area contributed by atoms with E-state index in [9.17, 15) is 9.59 Å². The number of benzene rings is 1. The Kier molecular flexibility index (Phi) is 4.74. The van der Waals surface area contributed by atoms with Crippen LogP contribution in [-0.2, 0) is 9.59 Å². The first-order valence-electron chi connectivity index (χ1n) is 6.99. The summed E-state index contributed by atoms with van der Waals surface area (Å²) in [5, 5.41) is 8.88. The van der Waals surface area contributed by atoms with E-state index in [0.717, 1.165) is 37.1 Å². The van der Waals surface area contributed by atoms with Crippen molar-refractivity contribution in [1.82, 2.24) is 5.32 Å². The molecular formula is C15H21N3O2. The van der Waals surface area contributed by atoms with Gasteiger partial charge in [0.15, 0.2) is 0 Å². The van der Waals surface area contributed by atoms with Crippen molar-refractivity contribution in [2.75, 3.05) is 17.2 Å². The minimum atomic E-state index is -0.125. The Morgan fingerprint density at radius 3 is 2.70 bits per heavy atom.